The van der Waals surface area contributed by atoms with E-state index in [1.165, 1.54) is 31.4 Å². The summed E-state index contributed by atoms with van der Waals surface area (Å²) in [5.41, 5.74) is 0.429. The van der Waals surface area contributed by atoms with Crippen LogP contribution in [0.4, 0.5) is 0 Å². The first kappa shape index (κ1) is 15.1. The predicted molar refractivity (Wildman–Crippen MR) is 68.9 cm³/mol. The van der Waals surface area contributed by atoms with E-state index in [-0.39, 0.29) is 11.3 Å². The average molecular weight is 282 g/mol. The summed E-state index contributed by atoms with van der Waals surface area (Å²) in [6.07, 6.45) is 0.303. The van der Waals surface area contributed by atoms with Crippen molar-refractivity contribution in [3.63, 3.8) is 0 Å². The van der Waals surface area contributed by atoms with Crippen LogP contribution in [0.3, 0.4) is 0 Å². The second kappa shape index (κ2) is 6.87. The highest BCUT2D eigenvalue weighted by atomic mass is 32.2. The molecule has 0 aliphatic carbocycles. The number of nitrogens with one attached hydrogen (secondary N) is 1. The van der Waals surface area contributed by atoms with Gasteiger partial charge in [-0.2, -0.15) is 5.26 Å². The van der Waals surface area contributed by atoms with E-state index >= 15 is 0 Å². The van der Waals surface area contributed by atoms with Crippen LogP contribution in [-0.2, 0) is 14.8 Å². The van der Waals surface area contributed by atoms with Crippen molar-refractivity contribution in [2.75, 3.05) is 19.5 Å². The third-order valence-electron chi connectivity index (χ3n) is 2.26. The van der Waals surface area contributed by atoms with Gasteiger partial charge < -0.3 is 4.74 Å². The van der Waals surface area contributed by atoms with E-state index in [2.05, 4.69) is 0 Å². The third kappa shape index (κ3) is 5.07. The minimum atomic E-state index is -3.68. The molecule has 0 aliphatic rings. The fourth-order valence-electron chi connectivity index (χ4n) is 1.37. The second-order valence-electron chi connectivity index (χ2n) is 3.79. The van der Waals surface area contributed by atoms with Crippen LogP contribution in [0.2, 0.25) is 0 Å². The Labute approximate surface area is 112 Å². The van der Waals surface area contributed by atoms with E-state index in [9.17, 15) is 13.2 Å². The van der Waals surface area contributed by atoms with Gasteiger partial charge in [0.2, 0.25) is 10.0 Å². The minimum Gasteiger partial charge on any atom is -0.385 e. The molecule has 1 amide bonds. The summed E-state index contributed by atoms with van der Waals surface area (Å²) < 4.78 is 29.9. The lowest BCUT2D eigenvalue weighted by Gasteiger charge is -2.06. The lowest BCUT2D eigenvalue weighted by Crippen LogP contribution is -2.32. The number of ether oxygens (including phenoxy) is 1. The zero-order chi connectivity index (χ0) is 14.3. The Morgan fingerprint density at radius 2 is 2.21 bits per heavy atom. The Kier molecular flexibility index (Phi) is 5.48. The molecule has 7 heteroatoms. The molecule has 0 saturated heterocycles. The van der Waals surface area contributed by atoms with Gasteiger partial charge in [0.05, 0.1) is 17.4 Å². The molecule has 0 unspecified atom stereocenters. The molecule has 0 aromatic heterocycles. The number of nitriles is 1. The molecule has 0 saturated carbocycles. The van der Waals surface area contributed by atoms with Gasteiger partial charge >= 0.3 is 0 Å². The smallest absolute Gasteiger partial charge is 0.264 e. The number of sulfonamides is 1. The fourth-order valence-corrected chi connectivity index (χ4v) is 2.37. The first-order valence-corrected chi connectivity index (χ1v) is 7.17. The Hall–Kier alpha value is -1.91. The van der Waals surface area contributed by atoms with Crippen LogP contribution >= 0.6 is 0 Å². The van der Waals surface area contributed by atoms with Crippen LogP contribution in [0.15, 0.2) is 24.3 Å². The first-order chi connectivity index (χ1) is 8.98. The number of rotatable bonds is 6. The van der Waals surface area contributed by atoms with Crippen molar-refractivity contribution in [2.24, 2.45) is 0 Å². The summed E-state index contributed by atoms with van der Waals surface area (Å²) in [7, 11) is -2.21. The van der Waals surface area contributed by atoms with Crippen LogP contribution in [-0.4, -0.2) is 33.8 Å². The zero-order valence-corrected chi connectivity index (χ0v) is 11.2. The molecular weight excluding hydrogens is 268 g/mol. The summed E-state index contributed by atoms with van der Waals surface area (Å²) in [6, 6.07) is 7.71. The first-order valence-electron chi connectivity index (χ1n) is 5.52. The number of carbonyl (C=O) groups excluding carboxylic acids is 1. The van der Waals surface area contributed by atoms with Gasteiger partial charge in [-0.15, -0.1) is 0 Å². The summed E-state index contributed by atoms with van der Waals surface area (Å²) in [6.45, 7) is 0.305. The van der Waals surface area contributed by atoms with Crippen molar-refractivity contribution in [1.82, 2.24) is 4.72 Å². The van der Waals surface area contributed by atoms with Crippen molar-refractivity contribution in [2.45, 2.75) is 6.42 Å². The van der Waals surface area contributed by atoms with Crippen LogP contribution < -0.4 is 4.72 Å². The van der Waals surface area contributed by atoms with Gasteiger partial charge in [-0.3, -0.25) is 4.79 Å². The largest absolute Gasteiger partial charge is 0.385 e. The quantitative estimate of drug-likeness (QED) is 0.773. The van der Waals surface area contributed by atoms with Crippen molar-refractivity contribution in [3.05, 3.63) is 35.4 Å². The topological polar surface area (TPSA) is 96.3 Å². The minimum absolute atomic E-state index is 0.134. The summed E-state index contributed by atoms with van der Waals surface area (Å²) in [5, 5.41) is 8.71. The summed E-state index contributed by atoms with van der Waals surface area (Å²) in [5.74, 6) is -0.931. The predicted octanol–water partition coefficient (Wildman–Crippen LogP) is 0.654. The molecule has 0 aliphatic heterocycles. The summed E-state index contributed by atoms with van der Waals surface area (Å²) in [4.78, 5) is 11.7. The van der Waals surface area contributed by atoms with Crippen molar-refractivity contribution in [3.8, 4) is 6.07 Å². The molecule has 19 heavy (non-hydrogen) atoms. The molecule has 1 rings (SSSR count). The fraction of sp³-hybridized carbons (Fsp3) is 0.333. The number of benzene rings is 1. The van der Waals surface area contributed by atoms with Gasteiger partial charge in [0.25, 0.3) is 5.91 Å². The van der Waals surface area contributed by atoms with Gasteiger partial charge in [0.1, 0.15) is 0 Å². The Morgan fingerprint density at radius 1 is 1.47 bits per heavy atom. The highest BCUT2D eigenvalue weighted by Gasteiger charge is 2.15. The molecular formula is C12H14N2O4S. The maximum Gasteiger partial charge on any atom is 0.264 e. The molecule has 0 atom stereocenters. The van der Waals surface area contributed by atoms with E-state index in [0.717, 1.165) is 0 Å². The number of carbonyl (C=O) groups is 1. The maximum atomic E-state index is 11.7. The van der Waals surface area contributed by atoms with Gasteiger partial charge in [-0.05, 0) is 24.6 Å². The van der Waals surface area contributed by atoms with Crippen LogP contribution in [0.1, 0.15) is 22.3 Å². The molecule has 1 aromatic carbocycles. The van der Waals surface area contributed by atoms with Gasteiger partial charge in [-0.25, -0.2) is 13.1 Å². The lowest BCUT2D eigenvalue weighted by atomic mass is 10.1. The molecule has 0 fully saturated rings. The van der Waals surface area contributed by atoms with Crippen LogP contribution in [0.25, 0.3) is 0 Å². The van der Waals surface area contributed by atoms with E-state index in [1.54, 1.807) is 0 Å². The van der Waals surface area contributed by atoms with Gasteiger partial charge in [0.15, 0.2) is 0 Å². The molecule has 102 valence electrons. The molecule has 0 bridgehead atoms. The van der Waals surface area contributed by atoms with Crippen LogP contribution in [0, 0.1) is 11.3 Å². The Balaban J connectivity index is 2.71. The van der Waals surface area contributed by atoms with Crippen LogP contribution in [0.5, 0.6) is 0 Å². The lowest BCUT2D eigenvalue weighted by molar-refractivity contribution is 0.0981. The van der Waals surface area contributed by atoms with Crippen molar-refractivity contribution in [1.29, 1.82) is 5.26 Å². The third-order valence-corrected chi connectivity index (χ3v) is 3.59. The molecule has 1 N–H and O–H groups in total. The number of nitrogens with zero attached hydrogens (tertiary/aromatic N) is 1. The summed E-state index contributed by atoms with van der Waals surface area (Å²) >= 11 is 0. The molecule has 0 radical (unpaired) electrons. The molecule has 0 spiro atoms. The molecule has 0 heterocycles. The number of amides is 1. The highest BCUT2D eigenvalue weighted by molar-refractivity contribution is 7.90. The van der Waals surface area contributed by atoms with E-state index in [4.69, 9.17) is 10.00 Å². The van der Waals surface area contributed by atoms with E-state index in [1.807, 2.05) is 10.8 Å². The zero-order valence-electron chi connectivity index (χ0n) is 10.4. The number of hydrogen-bond acceptors (Lipinski definition) is 5. The van der Waals surface area contributed by atoms with Crippen molar-refractivity contribution >= 4 is 15.9 Å². The number of hydrogen-bond donors (Lipinski definition) is 1. The number of methoxy groups -OCH3 is 1. The highest BCUT2D eigenvalue weighted by Crippen LogP contribution is 2.05. The van der Waals surface area contributed by atoms with E-state index < -0.39 is 15.9 Å². The molecule has 6 nitrogen and oxygen atoms in total. The SMILES string of the molecule is COCCCS(=O)(=O)NC(=O)c1cccc(C#N)c1. The van der Waals surface area contributed by atoms with Crippen molar-refractivity contribution < 1.29 is 17.9 Å². The standard InChI is InChI=1S/C12H14N2O4S/c1-18-6-3-7-19(16,17)14-12(15)11-5-2-4-10(8-11)9-13/h2,4-5,8H,3,6-7H2,1H3,(H,14,15). The van der Waals surface area contributed by atoms with Gasteiger partial charge in [0, 0.05) is 19.3 Å². The Bertz CT molecular complexity index is 590. The molecule has 1 aromatic rings. The average Bonchev–Trinajstić information content (AvgIpc) is 2.38. The van der Waals surface area contributed by atoms with E-state index in [0.29, 0.717) is 18.6 Å². The normalized spacial score (nSPS) is 10.7. The maximum absolute atomic E-state index is 11.7. The van der Waals surface area contributed by atoms with Gasteiger partial charge in [-0.1, -0.05) is 6.07 Å². The second-order valence-corrected chi connectivity index (χ2v) is 5.63. The Morgan fingerprint density at radius 3 is 2.84 bits per heavy atom. The monoisotopic (exact) mass is 282 g/mol.